The van der Waals surface area contributed by atoms with Gasteiger partial charge in [0.05, 0.1) is 0 Å². The zero-order valence-corrected chi connectivity index (χ0v) is 14.8. The number of anilines is 1. The lowest BCUT2D eigenvalue weighted by Crippen LogP contribution is -2.49. The van der Waals surface area contributed by atoms with Crippen LogP contribution in [-0.2, 0) is 0 Å². The number of carbonyl (C=O) groups excluding carboxylic acids is 1. The Kier molecular flexibility index (Phi) is 4.59. The smallest absolute Gasteiger partial charge is 0.159 e. The predicted octanol–water partition coefficient (Wildman–Crippen LogP) is 2.50. The third kappa shape index (κ3) is 3.35. The molecule has 1 aromatic carbocycles. The molecule has 4 heteroatoms. The second kappa shape index (κ2) is 6.85. The molecule has 130 valence electrons. The van der Waals surface area contributed by atoms with E-state index in [4.69, 9.17) is 0 Å². The third-order valence-electron chi connectivity index (χ3n) is 6.24. The Morgan fingerprint density at radius 3 is 2.38 bits per heavy atom. The van der Waals surface area contributed by atoms with Gasteiger partial charge in [0.1, 0.15) is 0 Å². The molecular weight excluding hydrogens is 298 g/mol. The summed E-state index contributed by atoms with van der Waals surface area (Å²) in [7, 11) is 0. The molecule has 4 nitrogen and oxygen atoms in total. The number of hydrogen-bond acceptors (Lipinski definition) is 4. The minimum absolute atomic E-state index is 0.141. The van der Waals surface area contributed by atoms with Gasteiger partial charge in [-0.2, -0.15) is 0 Å². The van der Waals surface area contributed by atoms with Gasteiger partial charge >= 0.3 is 0 Å². The summed E-state index contributed by atoms with van der Waals surface area (Å²) in [5.41, 5.74) is 2.05. The highest BCUT2D eigenvalue weighted by atomic mass is 16.1. The van der Waals surface area contributed by atoms with E-state index in [1.54, 1.807) is 6.92 Å². The summed E-state index contributed by atoms with van der Waals surface area (Å²) in [5, 5.41) is 0. The molecule has 2 heterocycles. The van der Waals surface area contributed by atoms with Gasteiger partial charge in [-0.3, -0.25) is 14.6 Å². The van der Waals surface area contributed by atoms with Crippen LogP contribution in [0.1, 0.15) is 36.5 Å². The predicted molar refractivity (Wildman–Crippen MR) is 97.8 cm³/mol. The number of piperazine rings is 1. The minimum Gasteiger partial charge on any atom is -0.369 e. The molecule has 2 aliphatic heterocycles. The molecule has 0 radical (unpaired) electrons. The molecule has 1 aliphatic carbocycles. The van der Waals surface area contributed by atoms with Crippen LogP contribution in [0.25, 0.3) is 0 Å². The van der Waals surface area contributed by atoms with Crippen molar-refractivity contribution in [3.8, 4) is 0 Å². The van der Waals surface area contributed by atoms with Crippen LogP contribution in [0.15, 0.2) is 24.3 Å². The average Bonchev–Trinajstić information content (AvgIpc) is 3.23. The third-order valence-corrected chi connectivity index (χ3v) is 6.24. The highest BCUT2D eigenvalue weighted by molar-refractivity contribution is 5.94. The number of ketones is 1. The first-order chi connectivity index (χ1) is 11.7. The van der Waals surface area contributed by atoms with Crippen molar-refractivity contribution >= 4 is 11.5 Å². The maximum Gasteiger partial charge on any atom is 0.159 e. The van der Waals surface area contributed by atoms with Gasteiger partial charge < -0.3 is 4.90 Å². The van der Waals surface area contributed by atoms with Crippen molar-refractivity contribution in [1.29, 1.82) is 0 Å². The van der Waals surface area contributed by atoms with Crippen LogP contribution in [-0.4, -0.2) is 67.4 Å². The van der Waals surface area contributed by atoms with E-state index < -0.39 is 0 Å². The van der Waals surface area contributed by atoms with Gasteiger partial charge in [-0.25, -0.2) is 0 Å². The lowest BCUT2D eigenvalue weighted by atomic mass is 10.1. The van der Waals surface area contributed by atoms with E-state index in [1.165, 1.54) is 44.6 Å². The fourth-order valence-electron chi connectivity index (χ4n) is 4.71. The first kappa shape index (κ1) is 16.1. The zero-order valence-electron chi connectivity index (χ0n) is 14.8. The van der Waals surface area contributed by atoms with E-state index in [1.807, 2.05) is 12.1 Å². The molecule has 4 rings (SSSR count). The van der Waals surface area contributed by atoms with Crippen LogP contribution in [0.5, 0.6) is 0 Å². The highest BCUT2D eigenvalue weighted by Crippen LogP contribution is 2.36. The van der Waals surface area contributed by atoms with E-state index in [9.17, 15) is 4.79 Å². The Labute approximate surface area is 145 Å². The zero-order chi connectivity index (χ0) is 16.5. The maximum absolute atomic E-state index is 11.4. The minimum atomic E-state index is 0.141. The van der Waals surface area contributed by atoms with Gasteiger partial charge in [0.2, 0.25) is 0 Å². The number of nitrogens with zero attached hydrogens (tertiary/aromatic N) is 3. The standard InChI is InChI=1S/C20H29N3O/c1-16(24)18-3-6-19(7-4-18)22-11-8-21(9-12-22)10-13-23-15-17-2-5-20(23)14-17/h3-4,6-7,17,20H,2,5,8-15H2,1H3/t17-,20+/m0/s1. The van der Waals surface area contributed by atoms with Gasteiger partial charge in [0.15, 0.2) is 5.78 Å². The van der Waals surface area contributed by atoms with E-state index in [2.05, 4.69) is 26.8 Å². The Bertz CT molecular complexity index is 577. The van der Waals surface area contributed by atoms with Crippen molar-refractivity contribution in [2.45, 2.75) is 32.2 Å². The largest absolute Gasteiger partial charge is 0.369 e. The van der Waals surface area contributed by atoms with Gasteiger partial charge in [-0.05, 0) is 56.4 Å². The quantitative estimate of drug-likeness (QED) is 0.777. The monoisotopic (exact) mass is 327 g/mol. The highest BCUT2D eigenvalue weighted by Gasteiger charge is 2.37. The first-order valence-corrected chi connectivity index (χ1v) is 9.51. The number of piperidine rings is 1. The van der Waals surface area contributed by atoms with E-state index >= 15 is 0 Å². The van der Waals surface area contributed by atoms with E-state index in [0.29, 0.717) is 0 Å². The molecule has 3 aliphatic rings. The molecule has 24 heavy (non-hydrogen) atoms. The molecule has 0 aromatic heterocycles. The lowest BCUT2D eigenvalue weighted by molar-refractivity contribution is 0.101. The Balaban J connectivity index is 1.23. The van der Waals surface area contributed by atoms with Crippen molar-refractivity contribution in [3.05, 3.63) is 29.8 Å². The summed E-state index contributed by atoms with van der Waals surface area (Å²) < 4.78 is 0. The van der Waals surface area contributed by atoms with Crippen molar-refractivity contribution in [3.63, 3.8) is 0 Å². The van der Waals surface area contributed by atoms with Crippen LogP contribution in [0, 0.1) is 5.92 Å². The molecule has 1 aromatic rings. The Morgan fingerprint density at radius 2 is 1.79 bits per heavy atom. The van der Waals surface area contributed by atoms with Crippen LogP contribution >= 0.6 is 0 Å². The summed E-state index contributed by atoms with van der Waals surface area (Å²) in [6.45, 7) is 9.94. The van der Waals surface area contributed by atoms with Crippen molar-refractivity contribution in [2.75, 3.05) is 50.7 Å². The van der Waals surface area contributed by atoms with E-state index in [-0.39, 0.29) is 5.78 Å². The molecule has 3 fully saturated rings. The summed E-state index contributed by atoms with van der Waals surface area (Å²) in [5.74, 6) is 1.15. The average molecular weight is 327 g/mol. The lowest BCUT2D eigenvalue weighted by Gasteiger charge is -2.37. The number of hydrogen-bond donors (Lipinski definition) is 0. The van der Waals surface area contributed by atoms with E-state index in [0.717, 1.165) is 43.7 Å². The second-order valence-corrected chi connectivity index (χ2v) is 7.76. The molecular formula is C20H29N3O. The maximum atomic E-state index is 11.4. The van der Waals surface area contributed by atoms with Crippen LogP contribution in [0.3, 0.4) is 0 Å². The number of Topliss-reactive ketones (excluding diaryl/α,β-unsaturated/α-hetero) is 1. The SMILES string of the molecule is CC(=O)c1ccc(N2CCN(CCN3C[C@H]4CC[C@@H]3C4)CC2)cc1. The fourth-order valence-corrected chi connectivity index (χ4v) is 4.71. The summed E-state index contributed by atoms with van der Waals surface area (Å²) in [4.78, 5) is 19.2. The number of benzene rings is 1. The van der Waals surface area contributed by atoms with Gasteiger partial charge in [-0.15, -0.1) is 0 Å². The van der Waals surface area contributed by atoms with Crippen molar-refractivity contribution < 1.29 is 4.79 Å². The topological polar surface area (TPSA) is 26.8 Å². The van der Waals surface area contributed by atoms with Crippen LogP contribution in [0.4, 0.5) is 5.69 Å². The molecule has 0 N–H and O–H groups in total. The first-order valence-electron chi connectivity index (χ1n) is 9.51. The fraction of sp³-hybridized carbons (Fsp3) is 0.650. The summed E-state index contributed by atoms with van der Waals surface area (Å²) >= 11 is 0. The number of fused-ring (bicyclic) bond motifs is 2. The van der Waals surface area contributed by atoms with Crippen LogP contribution in [0.2, 0.25) is 0 Å². The molecule has 2 saturated heterocycles. The number of rotatable bonds is 5. The van der Waals surface area contributed by atoms with Crippen LogP contribution < -0.4 is 4.90 Å². The normalized spacial score (nSPS) is 27.8. The molecule has 0 spiro atoms. The van der Waals surface area contributed by atoms with Gasteiger partial charge in [-0.1, -0.05) is 0 Å². The number of carbonyl (C=O) groups is 1. The second-order valence-electron chi connectivity index (χ2n) is 7.76. The van der Waals surface area contributed by atoms with Gasteiger partial charge in [0.25, 0.3) is 0 Å². The molecule has 0 amide bonds. The summed E-state index contributed by atoms with van der Waals surface area (Å²) in [6.07, 6.45) is 4.38. The Hall–Kier alpha value is -1.39. The summed E-state index contributed by atoms with van der Waals surface area (Å²) in [6, 6.07) is 8.98. The van der Waals surface area contributed by atoms with Crippen molar-refractivity contribution in [1.82, 2.24) is 9.80 Å². The van der Waals surface area contributed by atoms with Crippen molar-refractivity contribution in [2.24, 2.45) is 5.92 Å². The molecule has 2 atom stereocenters. The number of likely N-dealkylation sites (tertiary alicyclic amines) is 1. The molecule has 2 bridgehead atoms. The molecule has 0 unspecified atom stereocenters. The Morgan fingerprint density at radius 1 is 1.04 bits per heavy atom. The van der Waals surface area contributed by atoms with Gasteiger partial charge in [0, 0.05) is 63.1 Å². The molecule has 1 saturated carbocycles.